The minimum atomic E-state index is 0.994. The number of rotatable bonds is 3. The van der Waals surface area contributed by atoms with Gasteiger partial charge in [-0.25, -0.2) is 0 Å². The van der Waals surface area contributed by atoms with E-state index in [1.165, 1.54) is 0 Å². The van der Waals surface area contributed by atoms with E-state index in [1.807, 2.05) is 12.1 Å². The summed E-state index contributed by atoms with van der Waals surface area (Å²) in [5, 5.41) is 1.96. The van der Waals surface area contributed by atoms with Crippen LogP contribution in [0.1, 0.15) is 6.92 Å². The van der Waals surface area contributed by atoms with Gasteiger partial charge in [-0.15, -0.1) is 10.6 Å². The Morgan fingerprint density at radius 2 is 2.29 bits per heavy atom. The van der Waals surface area contributed by atoms with Crippen molar-refractivity contribution in [2.45, 2.75) is 6.92 Å². The molecule has 0 saturated heterocycles. The van der Waals surface area contributed by atoms with Gasteiger partial charge in [0.15, 0.2) is 0 Å². The van der Waals surface area contributed by atoms with Crippen LogP contribution in [0.4, 0.5) is 0 Å². The molecule has 0 aliphatic carbocycles. The first-order chi connectivity index (χ1) is 3.31. The first-order valence-electron chi connectivity index (χ1n) is 2.37. The first kappa shape index (κ1) is 6.88. The van der Waals surface area contributed by atoms with Crippen molar-refractivity contribution in [3.8, 4) is 0 Å². The van der Waals surface area contributed by atoms with Gasteiger partial charge >= 0.3 is 0 Å². The molecule has 0 atom stereocenters. The molecule has 0 unspecified atom stereocenters. The van der Waals surface area contributed by atoms with Crippen molar-refractivity contribution in [1.29, 1.82) is 0 Å². The van der Waals surface area contributed by atoms with Gasteiger partial charge in [-0.05, 0) is 6.92 Å². The van der Waals surface area contributed by atoms with Crippen LogP contribution in [0.3, 0.4) is 0 Å². The molecule has 44 valence electrons. The molecule has 0 aliphatic rings. The largest absolute Gasteiger partial charge is 0.189 e. The number of nitrogens with zero attached hydrogens (tertiary/aromatic N) is 1. The van der Waals surface area contributed by atoms with Gasteiger partial charge in [-0.1, -0.05) is 0 Å². The minimum Gasteiger partial charge on any atom is -0.189 e. The van der Waals surface area contributed by atoms with E-state index in [4.69, 9.17) is 4.84 Å². The van der Waals surface area contributed by atoms with Crippen LogP contribution in [0.5, 0.6) is 0 Å². The summed E-state index contributed by atoms with van der Waals surface area (Å²) in [5.74, 6) is 0. The zero-order chi connectivity index (χ0) is 5.70. The second kappa shape index (κ2) is 4.05. The highest BCUT2D eigenvalue weighted by atomic mass is 16.7. The van der Waals surface area contributed by atoms with Crippen LogP contribution in [0.2, 0.25) is 0 Å². The highest BCUT2D eigenvalue weighted by molar-refractivity contribution is 4.14. The molecule has 0 aliphatic heterocycles. The lowest BCUT2D eigenvalue weighted by molar-refractivity contribution is -0.991. The Hall–Kier alpha value is -0.120. The molecule has 0 radical (unpaired) electrons. The van der Waals surface area contributed by atoms with Crippen molar-refractivity contribution in [2.75, 3.05) is 20.7 Å². The highest BCUT2D eigenvalue weighted by Crippen LogP contribution is 1.57. The van der Waals surface area contributed by atoms with E-state index in [0.29, 0.717) is 0 Å². The van der Waals surface area contributed by atoms with Gasteiger partial charge in [0.1, 0.15) is 0 Å². The van der Waals surface area contributed by atoms with Crippen LogP contribution in [0.15, 0.2) is 0 Å². The molecule has 3 nitrogen and oxygen atoms in total. The normalized spacial score (nSPS) is 10.3. The van der Waals surface area contributed by atoms with E-state index in [0.717, 1.165) is 6.54 Å². The van der Waals surface area contributed by atoms with Crippen molar-refractivity contribution >= 4 is 0 Å². The summed E-state index contributed by atoms with van der Waals surface area (Å²) >= 11 is 0. The monoisotopic (exact) mass is 105 g/mol. The quantitative estimate of drug-likeness (QED) is 0.367. The third kappa shape index (κ3) is 3.72. The molecule has 0 aromatic heterocycles. The van der Waals surface area contributed by atoms with E-state index in [1.54, 1.807) is 12.7 Å². The Kier molecular flexibility index (Phi) is 3.98. The van der Waals surface area contributed by atoms with E-state index in [-0.39, 0.29) is 0 Å². The first-order valence-corrected chi connectivity index (χ1v) is 2.37. The summed E-state index contributed by atoms with van der Waals surface area (Å²) in [7, 11) is 3.61. The molecule has 2 N–H and O–H groups in total. The second-order valence-corrected chi connectivity index (χ2v) is 1.41. The number of nitrogens with two attached hydrogens (primary N) is 1. The summed E-state index contributed by atoms with van der Waals surface area (Å²) in [6.45, 7) is 3.06. The second-order valence-electron chi connectivity index (χ2n) is 1.41. The molecule has 0 bridgehead atoms. The van der Waals surface area contributed by atoms with Gasteiger partial charge in [-0.3, -0.25) is 0 Å². The molecule has 0 fully saturated rings. The van der Waals surface area contributed by atoms with Gasteiger partial charge < -0.3 is 0 Å². The predicted octanol–water partition coefficient (Wildman–Crippen LogP) is -1.02. The fourth-order valence-corrected chi connectivity index (χ4v) is 0.254. The van der Waals surface area contributed by atoms with E-state index in [9.17, 15) is 0 Å². The van der Waals surface area contributed by atoms with Gasteiger partial charge in [-0.2, -0.15) is 4.84 Å². The summed E-state index contributed by atoms with van der Waals surface area (Å²) in [4.78, 5) is 4.70. The van der Waals surface area contributed by atoms with Crippen molar-refractivity contribution in [3.05, 3.63) is 0 Å². The maximum atomic E-state index is 4.70. The highest BCUT2D eigenvalue weighted by Gasteiger charge is 1.90. The van der Waals surface area contributed by atoms with Crippen molar-refractivity contribution < 1.29 is 10.4 Å². The van der Waals surface area contributed by atoms with E-state index < -0.39 is 0 Å². The van der Waals surface area contributed by atoms with Crippen LogP contribution in [0, 0.1) is 0 Å². The van der Waals surface area contributed by atoms with Crippen LogP contribution < -0.4 is 5.59 Å². The fourth-order valence-electron chi connectivity index (χ4n) is 0.254. The average Bonchev–Trinajstić information content (AvgIpc) is 1.68. The van der Waals surface area contributed by atoms with E-state index >= 15 is 0 Å². The van der Waals surface area contributed by atoms with Crippen LogP contribution in [-0.4, -0.2) is 25.7 Å². The zero-order valence-corrected chi connectivity index (χ0v) is 5.14. The zero-order valence-electron chi connectivity index (χ0n) is 5.14. The molecule has 0 rings (SSSR count). The lowest BCUT2D eigenvalue weighted by atomic mass is 10.8. The van der Waals surface area contributed by atoms with Gasteiger partial charge in [0, 0.05) is 13.6 Å². The van der Waals surface area contributed by atoms with Gasteiger partial charge in [0.05, 0.1) is 7.11 Å². The van der Waals surface area contributed by atoms with Crippen molar-refractivity contribution in [2.24, 2.45) is 0 Å². The third-order valence-corrected chi connectivity index (χ3v) is 0.784. The molecule has 0 amide bonds. The number of hydrogen-bond donors (Lipinski definition) is 1. The number of hydrogen-bond acceptors (Lipinski definition) is 2. The maximum absolute atomic E-state index is 4.70. The van der Waals surface area contributed by atoms with Gasteiger partial charge in [0.2, 0.25) is 0 Å². The van der Waals surface area contributed by atoms with Crippen molar-refractivity contribution in [3.63, 3.8) is 0 Å². The molecule has 0 aromatic carbocycles. The Labute approximate surface area is 44.2 Å². The maximum Gasteiger partial charge on any atom is 0.0977 e. The molecule has 0 heterocycles. The van der Waals surface area contributed by atoms with Crippen LogP contribution in [-0.2, 0) is 4.84 Å². The fraction of sp³-hybridized carbons (Fsp3) is 1.00. The summed E-state index contributed by atoms with van der Waals surface area (Å²) in [5.41, 5.74) is 1.68. The summed E-state index contributed by atoms with van der Waals surface area (Å²) < 4.78 is 0. The molecule has 0 saturated carbocycles. The molecule has 0 aromatic rings. The van der Waals surface area contributed by atoms with Crippen molar-refractivity contribution in [1.82, 2.24) is 5.01 Å². The Morgan fingerprint density at radius 1 is 1.71 bits per heavy atom. The average molecular weight is 105 g/mol. The topological polar surface area (TPSA) is 29.1 Å². The summed E-state index contributed by atoms with van der Waals surface area (Å²) in [6.07, 6.45) is 0. The van der Waals surface area contributed by atoms with Crippen LogP contribution in [0.25, 0.3) is 0 Å². The Bertz CT molecular complexity index is 40.7. The molecular formula is C4H13N2O+. The van der Waals surface area contributed by atoms with E-state index in [2.05, 4.69) is 6.92 Å². The molecule has 0 spiro atoms. The predicted molar refractivity (Wildman–Crippen MR) is 27.2 cm³/mol. The number of quaternary nitrogens is 1. The SMILES string of the molecule is CCN(C)[NH2+]OC. The molecule has 3 heteroatoms. The standard InChI is InChI=1S/C4H12N2O/c1-4-6(2)5-7-3/h5H,4H2,1-3H3/p+1. The summed E-state index contributed by atoms with van der Waals surface area (Å²) in [6, 6.07) is 0. The lowest BCUT2D eigenvalue weighted by Crippen LogP contribution is -2.91. The minimum absolute atomic E-state index is 0.994. The molecular weight excluding hydrogens is 92.1 g/mol. The van der Waals surface area contributed by atoms with Gasteiger partial charge in [0.25, 0.3) is 0 Å². The lowest BCUT2D eigenvalue weighted by Gasteiger charge is -2.05. The molecule has 7 heavy (non-hydrogen) atoms. The third-order valence-electron chi connectivity index (χ3n) is 0.784. The Morgan fingerprint density at radius 3 is 2.43 bits per heavy atom. The Balaban J connectivity index is 2.83. The van der Waals surface area contributed by atoms with Crippen LogP contribution >= 0.6 is 0 Å². The smallest absolute Gasteiger partial charge is 0.0977 e.